The third kappa shape index (κ3) is 10.3. The topological polar surface area (TPSA) is 236 Å². The zero-order valence-corrected chi connectivity index (χ0v) is 49.2. The number of likely N-dealkylation sites (tertiary alicyclic amines) is 1. The van der Waals surface area contributed by atoms with E-state index in [9.17, 15) is 19.8 Å². The van der Waals surface area contributed by atoms with Crippen LogP contribution in [0.4, 0.5) is 10.2 Å². The summed E-state index contributed by atoms with van der Waals surface area (Å²) in [6.07, 6.45) is 10.3. The molecule has 14 rings (SSSR count). The molecular formula is C65H74FN13O7. The number of piperazine rings is 1. The van der Waals surface area contributed by atoms with Gasteiger partial charge in [0.1, 0.15) is 47.6 Å². The number of H-pyrrole nitrogens is 1. The molecular weight excluding hydrogens is 1090 g/mol. The lowest BCUT2D eigenvalue weighted by molar-refractivity contribution is -0.143. The lowest BCUT2D eigenvalue weighted by Gasteiger charge is -2.49. The fourth-order valence-electron chi connectivity index (χ4n) is 14.3. The number of fused-ring (bicyclic) bond motifs is 4. The van der Waals surface area contributed by atoms with Crippen LogP contribution >= 0.6 is 0 Å². The summed E-state index contributed by atoms with van der Waals surface area (Å²) in [4.78, 5) is 43.4. The Labute approximate surface area is 497 Å². The molecule has 4 aliphatic heterocycles. The van der Waals surface area contributed by atoms with Crippen LogP contribution in [0.2, 0.25) is 0 Å². The maximum absolute atomic E-state index is 16.3. The largest absolute Gasteiger partial charge is 0.486 e. The van der Waals surface area contributed by atoms with E-state index < -0.39 is 36.2 Å². The molecule has 86 heavy (non-hydrogen) atoms. The van der Waals surface area contributed by atoms with Gasteiger partial charge in [-0.2, -0.15) is 20.2 Å². The van der Waals surface area contributed by atoms with Crippen molar-refractivity contribution < 1.29 is 38.4 Å². The summed E-state index contributed by atoms with van der Waals surface area (Å²) in [7, 11) is 0. The molecule has 6 aliphatic rings. The molecule has 2 bridgehead atoms. The molecule has 2 saturated carbocycles. The highest BCUT2D eigenvalue weighted by Gasteiger charge is 2.48. The summed E-state index contributed by atoms with van der Waals surface area (Å²) >= 11 is 0. The quantitative estimate of drug-likeness (QED) is 0.0542. The molecule has 8 heterocycles. The fraction of sp³-hybridized carbons (Fsp3) is 0.477. The van der Waals surface area contributed by atoms with Crippen LogP contribution in [-0.4, -0.2) is 141 Å². The Bertz CT molecular complexity index is 3850. The summed E-state index contributed by atoms with van der Waals surface area (Å²) in [5, 5.41) is 51.2. The van der Waals surface area contributed by atoms with Crippen molar-refractivity contribution in [1.29, 1.82) is 0 Å². The molecule has 1 spiro atoms. The predicted molar refractivity (Wildman–Crippen MR) is 321 cm³/mol. The molecule has 0 unspecified atom stereocenters. The molecule has 7 atom stereocenters. The van der Waals surface area contributed by atoms with E-state index in [4.69, 9.17) is 24.2 Å². The lowest BCUT2D eigenvalue weighted by Crippen LogP contribution is -2.50. The summed E-state index contributed by atoms with van der Waals surface area (Å²) in [6, 6.07) is 19.5. The van der Waals surface area contributed by atoms with Crippen LogP contribution < -0.4 is 25.0 Å². The van der Waals surface area contributed by atoms with Gasteiger partial charge in [0.25, 0.3) is 0 Å². The van der Waals surface area contributed by atoms with Gasteiger partial charge in [-0.15, -0.1) is 5.10 Å². The van der Waals surface area contributed by atoms with Gasteiger partial charge in [0.05, 0.1) is 41.9 Å². The third-order valence-electron chi connectivity index (χ3n) is 19.2. The van der Waals surface area contributed by atoms with Crippen molar-refractivity contribution in [2.75, 3.05) is 37.7 Å². The van der Waals surface area contributed by atoms with Gasteiger partial charge in [0.15, 0.2) is 5.75 Å². The number of hydrogen-bond donors (Lipinski definition) is 5. The van der Waals surface area contributed by atoms with Gasteiger partial charge >= 0.3 is 6.01 Å². The number of β-amino-alcohol motifs (C(OH)–C–C–N with tert-alkyl or cyclic N) is 1. The van der Waals surface area contributed by atoms with Crippen LogP contribution in [0.15, 0.2) is 85.3 Å². The Morgan fingerprint density at radius 1 is 0.953 bits per heavy atom. The molecule has 8 aromatic rings. The number of halogens is 1. The third-order valence-corrected chi connectivity index (χ3v) is 19.2. The number of aliphatic hydroxyl groups excluding tert-OH is 2. The number of nitrogens with zero attached hydrogens (tertiary/aromatic N) is 10. The monoisotopic (exact) mass is 1170 g/mol. The number of ether oxygens (including phenoxy) is 3. The fourth-order valence-corrected chi connectivity index (χ4v) is 14.3. The average molecular weight is 1170 g/mol. The van der Waals surface area contributed by atoms with E-state index in [-0.39, 0.29) is 60.7 Å². The molecule has 20 nitrogen and oxygen atoms in total. The standard InChI is InChI=1S/C65H74FN13O7/c1-6-78-53(17-20-69-78)41-13-15-42(16-14-41)57(37(5)80)70-62(82)54-24-45(81)32-77(54)63(83)59(35(2)3)79-33-52(74-75-79)40-9-7-38(8-10-40)34-85-60-56(55-36(4)50(66)26-51-49(55)30-68-73-51)47(39-11-12-39)25-48-58(60)71-64(72-61(48)76-31-43-23-44(76)29-67-43)86-46-27-65(28-46)18-21-84-22-19-65/h7-10,13-17,20,25-26,30,33,35,37,39,43-46,54,57,59,67,80-81H,6,11-12,18-19,21-24,27-29,31-32,34H2,1-5H3,(H,68,73)(H,70,82)/t37-,43-,44-,45+,54-,57-,59-/m0/s1. The van der Waals surface area contributed by atoms with Crippen LogP contribution in [-0.2, 0) is 27.5 Å². The van der Waals surface area contributed by atoms with E-state index in [1.54, 1.807) is 30.2 Å². The molecule has 4 saturated heterocycles. The first-order valence-corrected chi connectivity index (χ1v) is 30.7. The van der Waals surface area contributed by atoms with Crippen molar-refractivity contribution in [3.63, 3.8) is 0 Å². The first-order valence-electron chi connectivity index (χ1n) is 30.7. The molecule has 448 valence electrons. The highest BCUT2D eigenvalue weighted by Crippen LogP contribution is 2.55. The minimum atomic E-state index is -0.995. The summed E-state index contributed by atoms with van der Waals surface area (Å²) < 4.78 is 39.4. The number of aromatic amines is 1. The number of aromatic nitrogens is 9. The molecule has 2 aliphatic carbocycles. The number of carbonyl (C=O) groups excluding carboxylic acids is 2. The van der Waals surface area contributed by atoms with Crippen molar-refractivity contribution in [2.45, 2.75) is 154 Å². The molecule has 21 heteroatoms. The van der Waals surface area contributed by atoms with Crippen molar-refractivity contribution in [1.82, 2.24) is 60.5 Å². The number of nitrogens with one attached hydrogen (secondary N) is 3. The molecule has 0 radical (unpaired) electrons. The number of carbonyl (C=O) groups is 2. The highest BCUT2D eigenvalue weighted by molar-refractivity contribution is 6.06. The molecule has 4 aromatic carbocycles. The van der Waals surface area contributed by atoms with Gasteiger partial charge < -0.3 is 44.9 Å². The van der Waals surface area contributed by atoms with Gasteiger partial charge in [0, 0.05) is 91.6 Å². The Hall–Kier alpha value is -7.85. The number of hydrogen-bond acceptors (Lipinski definition) is 15. The minimum absolute atomic E-state index is 0.0304. The number of anilines is 1. The van der Waals surface area contributed by atoms with E-state index in [2.05, 4.69) is 47.2 Å². The van der Waals surface area contributed by atoms with Crippen molar-refractivity contribution in [3.05, 3.63) is 113 Å². The number of benzene rings is 4. The summed E-state index contributed by atoms with van der Waals surface area (Å²) in [5.41, 5.74) is 9.24. The highest BCUT2D eigenvalue weighted by atomic mass is 19.1. The zero-order chi connectivity index (χ0) is 59.1. The second kappa shape index (κ2) is 22.5. The minimum Gasteiger partial charge on any atom is -0.486 e. The van der Waals surface area contributed by atoms with E-state index in [1.165, 1.54) is 11.0 Å². The van der Waals surface area contributed by atoms with Gasteiger partial charge in [-0.05, 0) is 129 Å². The normalized spacial score (nSPS) is 22.1. The second-order valence-corrected chi connectivity index (χ2v) is 25.3. The number of aliphatic hydroxyl groups is 2. The Kier molecular flexibility index (Phi) is 14.6. The van der Waals surface area contributed by atoms with Gasteiger partial charge in [-0.1, -0.05) is 67.6 Å². The van der Waals surface area contributed by atoms with Crippen LogP contribution in [0.1, 0.15) is 119 Å². The SMILES string of the molecule is CCn1nccc1-c1ccc([C@@H](NC(=O)[C@@H]2C[C@@H](O)CN2C(=O)[C@H](C(C)C)n2cc(-c3ccc(COc4c(-c5c(C)c(F)cc6[nH]ncc56)c(C5CC5)cc5c(N6C[C@@H]7C[C@H]6CN7)nc(OC6CC7(CCOCC7)C6)nc45)cc3)nn2)[C@H](C)O)cc1. The average Bonchev–Trinajstić information content (AvgIpc) is 1.29. The van der Waals surface area contributed by atoms with Crippen LogP contribution in [0.25, 0.3) is 55.4 Å². The van der Waals surface area contributed by atoms with Gasteiger partial charge in [-0.25, -0.2) is 9.07 Å². The first kappa shape index (κ1) is 56.0. The van der Waals surface area contributed by atoms with Crippen LogP contribution in [0.3, 0.4) is 0 Å². The second-order valence-electron chi connectivity index (χ2n) is 25.3. The van der Waals surface area contributed by atoms with Crippen LogP contribution in [0.5, 0.6) is 11.8 Å². The van der Waals surface area contributed by atoms with Crippen molar-refractivity contribution in [3.8, 4) is 45.4 Å². The maximum Gasteiger partial charge on any atom is 0.319 e. The molecule has 6 fully saturated rings. The van der Waals surface area contributed by atoms with Gasteiger partial charge in [-0.3, -0.25) is 19.4 Å². The molecule has 2 amide bonds. The van der Waals surface area contributed by atoms with E-state index in [0.29, 0.717) is 52.2 Å². The van der Waals surface area contributed by atoms with Gasteiger partial charge in [0.2, 0.25) is 11.8 Å². The van der Waals surface area contributed by atoms with E-state index in [0.717, 1.165) is 127 Å². The van der Waals surface area contributed by atoms with Crippen molar-refractivity contribution in [2.24, 2.45) is 11.3 Å². The van der Waals surface area contributed by atoms with E-state index in [1.807, 2.05) is 87.0 Å². The number of amides is 2. The zero-order valence-electron chi connectivity index (χ0n) is 49.2. The smallest absolute Gasteiger partial charge is 0.319 e. The molecule has 4 aromatic heterocycles. The lowest BCUT2D eigenvalue weighted by atomic mass is 9.62. The van der Waals surface area contributed by atoms with Crippen molar-refractivity contribution >= 4 is 39.4 Å². The molecule has 5 N–H and O–H groups in total. The Balaban J connectivity index is 0.745. The summed E-state index contributed by atoms with van der Waals surface area (Å²) in [6.45, 7) is 13.3. The number of rotatable bonds is 18. The Morgan fingerprint density at radius 3 is 2.44 bits per heavy atom. The van der Waals surface area contributed by atoms with E-state index >= 15 is 4.39 Å². The van der Waals surface area contributed by atoms with Crippen LogP contribution in [0, 0.1) is 24.1 Å². The first-order chi connectivity index (χ1) is 41.7. The maximum atomic E-state index is 16.3. The number of aryl methyl sites for hydroxylation is 1. The summed E-state index contributed by atoms with van der Waals surface area (Å²) in [5.74, 6) is 0.118. The predicted octanol–water partition coefficient (Wildman–Crippen LogP) is 8.50. The Morgan fingerprint density at radius 2 is 1.73 bits per heavy atom.